The molecular formula is C14H13ClN2O2S2. The summed E-state index contributed by atoms with van der Waals surface area (Å²) in [5, 5.41) is 1.85. The van der Waals surface area contributed by atoms with E-state index in [1.807, 2.05) is 18.4 Å². The van der Waals surface area contributed by atoms with Gasteiger partial charge in [0.25, 0.3) is 0 Å². The van der Waals surface area contributed by atoms with E-state index in [0.29, 0.717) is 27.4 Å². The number of ether oxygens (including phenoxy) is 1. The van der Waals surface area contributed by atoms with E-state index in [-0.39, 0.29) is 0 Å². The second kappa shape index (κ2) is 7.68. The van der Waals surface area contributed by atoms with Gasteiger partial charge in [0.05, 0.1) is 6.61 Å². The third-order valence-corrected chi connectivity index (χ3v) is 4.26. The van der Waals surface area contributed by atoms with E-state index < -0.39 is 5.97 Å². The van der Waals surface area contributed by atoms with E-state index in [4.69, 9.17) is 16.3 Å². The molecule has 0 amide bonds. The van der Waals surface area contributed by atoms with E-state index in [9.17, 15) is 4.79 Å². The fraction of sp³-hybridized carbons (Fsp3) is 0.214. The fourth-order valence-electron chi connectivity index (χ4n) is 1.49. The van der Waals surface area contributed by atoms with Crippen LogP contribution in [0.4, 0.5) is 0 Å². The summed E-state index contributed by atoms with van der Waals surface area (Å²) in [4.78, 5) is 21.4. The molecule has 1 aromatic heterocycles. The maximum absolute atomic E-state index is 12.0. The number of rotatable bonds is 5. The molecule has 0 saturated carbocycles. The van der Waals surface area contributed by atoms with Gasteiger partial charge in [-0.05, 0) is 37.4 Å². The highest BCUT2D eigenvalue weighted by Gasteiger charge is 2.16. The number of hydrogen-bond acceptors (Lipinski definition) is 6. The SMILES string of the molecule is CCOC(=O)c1cnc(SC)nc1Sc1ccc(Cl)cc1. The van der Waals surface area contributed by atoms with Crippen molar-refractivity contribution in [2.75, 3.05) is 12.9 Å². The van der Waals surface area contributed by atoms with Crippen molar-refractivity contribution in [2.45, 2.75) is 22.0 Å². The van der Waals surface area contributed by atoms with Gasteiger partial charge in [-0.1, -0.05) is 35.1 Å². The molecule has 0 radical (unpaired) electrons. The highest BCUT2D eigenvalue weighted by Crippen LogP contribution is 2.30. The zero-order chi connectivity index (χ0) is 15.2. The van der Waals surface area contributed by atoms with Crippen LogP contribution >= 0.6 is 35.1 Å². The van der Waals surface area contributed by atoms with Crippen LogP contribution in [0.1, 0.15) is 17.3 Å². The molecule has 0 atom stereocenters. The lowest BCUT2D eigenvalue weighted by molar-refractivity contribution is 0.0520. The van der Waals surface area contributed by atoms with Crippen LogP contribution in [-0.4, -0.2) is 28.8 Å². The Kier molecular flexibility index (Phi) is 5.90. The molecule has 1 heterocycles. The maximum atomic E-state index is 12.0. The van der Waals surface area contributed by atoms with Crippen LogP contribution < -0.4 is 0 Å². The average Bonchev–Trinajstić information content (AvgIpc) is 2.49. The maximum Gasteiger partial charge on any atom is 0.342 e. The van der Waals surface area contributed by atoms with Crippen LogP contribution in [0.5, 0.6) is 0 Å². The van der Waals surface area contributed by atoms with Crippen molar-refractivity contribution in [2.24, 2.45) is 0 Å². The number of aromatic nitrogens is 2. The smallest absolute Gasteiger partial charge is 0.342 e. The minimum absolute atomic E-state index is 0.314. The van der Waals surface area contributed by atoms with E-state index in [2.05, 4.69) is 9.97 Å². The predicted molar refractivity (Wildman–Crippen MR) is 85.3 cm³/mol. The fourth-order valence-corrected chi connectivity index (χ4v) is 2.89. The van der Waals surface area contributed by atoms with Crippen molar-refractivity contribution in [3.8, 4) is 0 Å². The van der Waals surface area contributed by atoms with Crippen molar-refractivity contribution in [1.29, 1.82) is 0 Å². The molecule has 0 aliphatic carbocycles. The van der Waals surface area contributed by atoms with Gasteiger partial charge in [0.1, 0.15) is 10.6 Å². The Morgan fingerprint density at radius 1 is 1.33 bits per heavy atom. The summed E-state index contributed by atoms with van der Waals surface area (Å²) in [7, 11) is 0. The summed E-state index contributed by atoms with van der Waals surface area (Å²) in [5.41, 5.74) is 0.370. The van der Waals surface area contributed by atoms with Crippen LogP contribution in [0.3, 0.4) is 0 Å². The highest BCUT2D eigenvalue weighted by atomic mass is 35.5. The molecule has 21 heavy (non-hydrogen) atoms. The van der Waals surface area contributed by atoms with Crippen LogP contribution in [0.2, 0.25) is 5.02 Å². The number of esters is 1. The third kappa shape index (κ3) is 4.36. The van der Waals surface area contributed by atoms with Crippen molar-refractivity contribution >= 4 is 41.1 Å². The lowest BCUT2D eigenvalue weighted by Crippen LogP contribution is -2.08. The quantitative estimate of drug-likeness (QED) is 0.352. The van der Waals surface area contributed by atoms with E-state index in [0.717, 1.165) is 4.90 Å². The molecule has 0 spiro atoms. The number of thioether (sulfide) groups is 1. The van der Waals surface area contributed by atoms with Gasteiger partial charge in [-0.2, -0.15) is 0 Å². The zero-order valence-corrected chi connectivity index (χ0v) is 13.9. The van der Waals surface area contributed by atoms with Gasteiger partial charge in [-0.25, -0.2) is 14.8 Å². The number of benzene rings is 1. The Bertz CT molecular complexity index is 635. The Balaban J connectivity index is 2.34. The summed E-state index contributed by atoms with van der Waals surface area (Å²) in [6.45, 7) is 2.08. The van der Waals surface area contributed by atoms with Gasteiger partial charge in [0.2, 0.25) is 0 Å². The summed E-state index contributed by atoms with van der Waals surface area (Å²) >= 11 is 8.68. The lowest BCUT2D eigenvalue weighted by Gasteiger charge is -2.08. The van der Waals surface area contributed by atoms with Crippen molar-refractivity contribution in [3.05, 3.63) is 41.0 Å². The Hall–Kier alpha value is -1.24. The number of nitrogens with zero attached hydrogens (tertiary/aromatic N) is 2. The van der Waals surface area contributed by atoms with E-state index >= 15 is 0 Å². The van der Waals surface area contributed by atoms with Gasteiger partial charge >= 0.3 is 5.97 Å². The lowest BCUT2D eigenvalue weighted by atomic mass is 10.3. The molecule has 2 aromatic rings. The summed E-state index contributed by atoms with van der Waals surface area (Å²) in [6, 6.07) is 7.35. The number of hydrogen-bond donors (Lipinski definition) is 0. The molecular weight excluding hydrogens is 328 g/mol. The number of halogens is 1. The predicted octanol–water partition coefficient (Wildman–Crippen LogP) is 4.18. The molecule has 2 rings (SSSR count). The van der Waals surface area contributed by atoms with Gasteiger partial charge in [0, 0.05) is 16.1 Å². The van der Waals surface area contributed by atoms with Crippen LogP contribution in [-0.2, 0) is 4.74 Å². The first-order valence-electron chi connectivity index (χ1n) is 6.15. The third-order valence-electron chi connectivity index (χ3n) is 2.44. The highest BCUT2D eigenvalue weighted by molar-refractivity contribution is 7.99. The van der Waals surface area contributed by atoms with Crippen molar-refractivity contribution in [3.63, 3.8) is 0 Å². The van der Waals surface area contributed by atoms with E-state index in [1.165, 1.54) is 29.7 Å². The van der Waals surface area contributed by atoms with Gasteiger partial charge in [-0.15, -0.1) is 0 Å². The molecule has 110 valence electrons. The molecule has 0 saturated heterocycles. The van der Waals surface area contributed by atoms with Crippen molar-refractivity contribution < 1.29 is 9.53 Å². The van der Waals surface area contributed by atoms with Crippen LogP contribution in [0.15, 0.2) is 45.5 Å². The summed E-state index contributed by atoms with van der Waals surface area (Å²) in [5.74, 6) is -0.415. The zero-order valence-electron chi connectivity index (χ0n) is 11.5. The summed E-state index contributed by atoms with van der Waals surface area (Å²) < 4.78 is 5.04. The first-order valence-corrected chi connectivity index (χ1v) is 8.57. The van der Waals surface area contributed by atoms with Gasteiger partial charge in [0.15, 0.2) is 5.16 Å². The Labute approximate surface area is 136 Å². The summed E-state index contributed by atoms with van der Waals surface area (Å²) in [6.07, 6.45) is 3.39. The molecule has 0 aliphatic heterocycles. The first kappa shape index (κ1) is 16.1. The largest absolute Gasteiger partial charge is 0.462 e. The van der Waals surface area contributed by atoms with Crippen LogP contribution in [0, 0.1) is 0 Å². The van der Waals surface area contributed by atoms with Crippen LogP contribution in [0.25, 0.3) is 0 Å². The van der Waals surface area contributed by atoms with Gasteiger partial charge < -0.3 is 4.74 Å². The number of carbonyl (C=O) groups is 1. The first-order chi connectivity index (χ1) is 10.1. The molecule has 0 N–H and O–H groups in total. The molecule has 7 heteroatoms. The second-order valence-corrected chi connectivity index (χ2v) is 6.12. The monoisotopic (exact) mass is 340 g/mol. The number of carbonyl (C=O) groups excluding carboxylic acids is 1. The topological polar surface area (TPSA) is 52.1 Å². The molecule has 4 nitrogen and oxygen atoms in total. The Morgan fingerprint density at radius 2 is 2.05 bits per heavy atom. The van der Waals surface area contributed by atoms with Gasteiger partial charge in [-0.3, -0.25) is 0 Å². The molecule has 0 bridgehead atoms. The molecule has 0 fully saturated rings. The minimum atomic E-state index is -0.415. The molecule has 0 aliphatic rings. The molecule has 1 aromatic carbocycles. The average molecular weight is 341 g/mol. The standard InChI is InChI=1S/C14H13ClN2O2S2/c1-3-19-13(18)11-8-16-14(20-2)17-12(11)21-10-6-4-9(15)5-7-10/h4-8H,3H2,1-2H3. The molecule has 0 unspecified atom stereocenters. The minimum Gasteiger partial charge on any atom is -0.462 e. The van der Waals surface area contributed by atoms with E-state index in [1.54, 1.807) is 19.1 Å². The van der Waals surface area contributed by atoms with Crippen molar-refractivity contribution in [1.82, 2.24) is 9.97 Å². The normalized spacial score (nSPS) is 10.4. The Morgan fingerprint density at radius 3 is 2.67 bits per heavy atom. The second-order valence-electron chi connectivity index (χ2n) is 3.85.